The van der Waals surface area contributed by atoms with Crippen molar-refractivity contribution in [1.29, 1.82) is 0 Å². The van der Waals surface area contributed by atoms with Crippen LogP contribution in [0.5, 0.6) is 0 Å². The first-order valence-corrected chi connectivity index (χ1v) is 5.73. The second-order valence-corrected chi connectivity index (χ2v) is 4.31. The van der Waals surface area contributed by atoms with E-state index >= 15 is 0 Å². The number of carboxylic acids is 1. The minimum absolute atomic E-state index is 0.181. The predicted octanol–water partition coefficient (Wildman–Crippen LogP) is 2.18. The molecule has 0 aliphatic heterocycles. The van der Waals surface area contributed by atoms with Crippen molar-refractivity contribution in [3.8, 4) is 0 Å². The number of aliphatic carboxylic acids is 1. The van der Waals surface area contributed by atoms with Crippen LogP contribution >= 0.6 is 15.9 Å². The van der Waals surface area contributed by atoms with Gasteiger partial charge in [-0.3, -0.25) is 4.79 Å². The molecule has 0 bridgehead atoms. The Bertz CT molecular complexity index is 450. The van der Waals surface area contributed by atoms with Gasteiger partial charge in [-0.25, -0.2) is 9.18 Å². The van der Waals surface area contributed by atoms with Crippen LogP contribution < -0.4 is 5.32 Å². The highest BCUT2D eigenvalue weighted by molar-refractivity contribution is 9.10. The minimum Gasteiger partial charge on any atom is -0.480 e. The summed E-state index contributed by atoms with van der Waals surface area (Å²) in [5.41, 5.74) is -0.181. The van der Waals surface area contributed by atoms with E-state index < -0.39 is 23.7 Å². The lowest BCUT2D eigenvalue weighted by Crippen LogP contribution is -2.40. The van der Waals surface area contributed by atoms with Gasteiger partial charge in [-0.15, -0.1) is 0 Å². The molecule has 0 radical (unpaired) electrons. The minimum atomic E-state index is -1.14. The lowest BCUT2D eigenvalue weighted by atomic mass is 10.1. The van der Waals surface area contributed by atoms with Gasteiger partial charge in [0.1, 0.15) is 11.9 Å². The molecular weight excluding hydrogens is 293 g/mol. The molecule has 2 N–H and O–H groups in total. The maximum Gasteiger partial charge on any atom is 0.326 e. The lowest BCUT2D eigenvalue weighted by molar-refractivity contribution is -0.139. The molecule has 6 heteroatoms. The van der Waals surface area contributed by atoms with Crippen LogP contribution in [-0.2, 0) is 4.79 Å². The summed E-state index contributed by atoms with van der Waals surface area (Å²) in [6.45, 7) is 1.62. The maximum atomic E-state index is 13.3. The third-order valence-corrected chi connectivity index (χ3v) is 2.68. The Balaban J connectivity index is 2.89. The molecule has 0 heterocycles. The second kappa shape index (κ2) is 5.77. The van der Waals surface area contributed by atoms with Crippen molar-refractivity contribution in [2.45, 2.75) is 19.4 Å². The van der Waals surface area contributed by atoms with E-state index in [2.05, 4.69) is 21.2 Å². The van der Waals surface area contributed by atoms with E-state index in [0.717, 1.165) is 6.07 Å². The first kappa shape index (κ1) is 13.6. The first-order valence-electron chi connectivity index (χ1n) is 4.94. The fraction of sp³-hybridized carbons (Fsp3) is 0.273. The summed E-state index contributed by atoms with van der Waals surface area (Å²) in [5.74, 6) is -2.57. The average molecular weight is 304 g/mol. The third-order valence-electron chi connectivity index (χ3n) is 2.18. The molecule has 1 atom stereocenters. The van der Waals surface area contributed by atoms with Crippen LogP contribution in [0.15, 0.2) is 22.7 Å². The molecule has 0 aromatic heterocycles. The number of carbonyl (C=O) groups is 2. The van der Waals surface area contributed by atoms with Crippen molar-refractivity contribution in [3.63, 3.8) is 0 Å². The van der Waals surface area contributed by atoms with Crippen molar-refractivity contribution in [1.82, 2.24) is 5.32 Å². The highest BCUT2D eigenvalue weighted by Gasteiger charge is 2.20. The number of halogens is 2. The second-order valence-electron chi connectivity index (χ2n) is 3.40. The molecule has 1 aromatic rings. The van der Waals surface area contributed by atoms with Crippen LogP contribution in [0.2, 0.25) is 0 Å². The fourth-order valence-electron chi connectivity index (χ4n) is 1.25. The van der Waals surface area contributed by atoms with Crippen molar-refractivity contribution in [2.24, 2.45) is 0 Å². The van der Waals surface area contributed by atoms with E-state index in [-0.39, 0.29) is 12.0 Å². The van der Waals surface area contributed by atoms with Crippen molar-refractivity contribution >= 4 is 27.8 Å². The maximum absolute atomic E-state index is 13.3. The molecule has 1 amide bonds. The average Bonchev–Trinajstić information content (AvgIpc) is 2.28. The van der Waals surface area contributed by atoms with Crippen LogP contribution in [0.25, 0.3) is 0 Å². The Labute approximate surface area is 106 Å². The number of amides is 1. The van der Waals surface area contributed by atoms with E-state index in [4.69, 9.17) is 5.11 Å². The van der Waals surface area contributed by atoms with Crippen LogP contribution in [0, 0.1) is 5.82 Å². The van der Waals surface area contributed by atoms with Gasteiger partial charge in [0, 0.05) is 4.47 Å². The molecule has 0 unspecified atom stereocenters. The standard InChI is InChI=1S/C11H11BrFNO3/c1-2-9(11(16)17)14-10(15)7-5-6(12)3-4-8(7)13/h3-5,9H,2H2,1H3,(H,14,15)(H,16,17)/t9-/m1/s1. The third kappa shape index (κ3) is 3.52. The van der Waals surface area contributed by atoms with Crippen LogP contribution in [-0.4, -0.2) is 23.0 Å². The van der Waals surface area contributed by atoms with Gasteiger partial charge in [0.2, 0.25) is 0 Å². The van der Waals surface area contributed by atoms with Gasteiger partial charge in [0.25, 0.3) is 5.91 Å². The van der Waals surface area contributed by atoms with Gasteiger partial charge < -0.3 is 10.4 Å². The molecule has 0 saturated heterocycles. The van der Waals surface area contributed by atoms with E-state index in [1.165, 1.54) is 12.1 Å². The molecule has 0 aliphatic carbocycles. The number of rotatable bonds is 4. The van der Waals surface area contributed by atoms with Gasteiger partial charge in [-0.2, -0.15) is 0 Å². The van der Waals surface area contributed by atoms with E-state index in [1.54, 1.807) is 6.92 Å². The van der Waals surface area contributed by atoms with Crippen molar-refractivity contribution in [2.75, 3.05) is 0 Å². The zero-order valence-corrected chi connectivity index (χ0v) is 10.6. The smallest absolute Gasteiger partial charge is 0.326 e. The summed E-state index contributed by atoms with van der Waals surface area (Å²) in [7, 11) is 0. The summed E-state index contributed by atoms with van der Waals surface area (Å²) in [6, 6.07) is 2.89. The zero-order chi connectivity index (χ0) is 13.0. The predicted molar refractivity (Wildman–Crippen MR) is 63.3 cm³/mol. The molecular formula is C11H11BrFNO3. The number of hydrogen-bond donors (Lipinski definition) is 2. The van der Waals surface area contributed by atoms with Crippen LogP contribution in [0.3, 0.4) is 0 Å². The van der Waals surface area contributed by atoms with E-state index in [9.17, 15) is 14.0 Å². The Morgan fingerprint density at radius 1 is 1.53 bits per heavy atom. The molecule has 17 heavy (non-hydrogen) atoms. The van der Waals surface area contributed by atoms with E-state index in [1.807, 2.05) is 0 Å². The van der Waals surface area contributed by atoms with Gasteiger partial charge in [0.15, 0.2) is 0 Å². The quantitative estimate of drug-likeness (QED) is 0.896. The summed E-state index contributed by atoms with van der Waals surface area (Å²) >= 11 is 3.11. The molecule has 1 aromatic carbocycles. The Kier molecular flexibility index (Phi) is 4.62. The molecule has 0 saturated carbocycles. The summed E-state index contributed by atoms with van der Waals surface area (Å²) in [5, 5.41) is 11.0. The Morgan fingerprint density at radius 2 is 2.18 bits per heavy atom. The van der Waals surface area contributed by atoms with Crippen molar-refractivity contribution in [3.05, 3.63) is 34.1 Å². The number of benzene rings is 1. The van der Waals surface area contributed by atoms with Gasteiger partial charge in [-0.1, -0.05) is 22.9 Å². The molecule has 0 spiro atoms. The van der Waals surface area contributed by atoms with Crippen LogP contribution in [0.4, 0.5) is 4.39 Å². The molecule has 4 nitrogen and oxygen atoms in total. The number of hydrogen-bond acceptors (Lipinski definition) is 2. The Hall–Kier alpha value is -1.43. The first-order chi connectivity index (χ1) is 7.95. The Morgan fingerprint density at radius 3 is 2.71 bits per heavy atom. The topological polar surface area (TPSA) is 66.4 Å². The summed E-state index contributed by atoms with van der Waals surface area (Å²) < 4.78 is 13.9. The van der Waals surface area contributed by atoms with Crippen LogP contribution in [0.1, 0.15) is 23.7 Å². The van der Waals surface area contributed by atoms with Crippen molar-refractivity contribution < 1.29 is 19.1 Å². The van der Waals surface area contributed by atoms with Gasteiger partial charge in [-0.05, 0) is 24.6 Å². The zero-order valence-electron chi connectivity index (χ0n) is 9.04. The SMILES string of the molecule is CC[C@@H](NC(=O)c1cc(Br)ccc1F)C(=O)O. The molecule has 1 rings (SSSR count). The van der Waals surface area contributed by atoms with Gasteiger partial charge >= 0.3 is 5.97 Å². The number of carboxylic acid groups (broad SMARTS) is 1. The number of nitrogens with one attached hydrogen (secondary N) is 1. The summed E-state index contributed by atoms with van der Waals surface area (Å²) in [4.78, 5) is 22.4. The normalized spacial score (nSPS) is 11.9. The summed E-state index contributed by atoms with van der Waals surface area (Å²) in [6.07, 6.45) is 0.233. The monoisotopic (exact) mass is 303 g/mol. The number of carbonyl (C=O) groups excluding carboxylic acids is 1. The molecule has 92 valence electrons. The molecule has 0 fully saturated rings. The van der Waals surface area contributed by atoms with Gasteiger partial charge in [0.05, 0.1) is 5.56 Å². The fourth-order valence-corrected chi connectivity index (χ4v) is 1.61. The highest BCUT2D eigenvalue weighted by Crippen LogP contribution is 2.15. The highest BCUT2D eigenvalue weighted by atomic mass is 79.9. The largest absolute Gasteiger partial charge is 0.480 e. The van der Waals surface area contributed by atoms with E-state index in [0.29, 0.717) is 4.47 Å². The lowest BCUT2D eigenvalue weighted by Gasteiger charge is -2.12. The molecule has 0 aliphatic rings.